The molecule has 0 aromatic heterocycles. The molecule has 2 aliphatic rings. The molecule has 4 N–H and O–H groups in total. The van der Waals surface area contributed by atoms with Gasteiger partial charge in [-0.2, -0.15) is 13.2 Å². The summed E-state index contributed by atoms with van der Waals surface area (Å²) in [5.74, 6) is -1.42. The van der Waals surface area contributed by atoms with E-state index < -0.39 is 12.1 Å². The molecule has 0 spiro atoms. The van der Waals surface area contributed by atoms with Crippen LogP contribution in [0.25, 0.3) is 0 Å². The van der Waals surface area contributed by atoms with Crippen LogP contribution in [0.4, 0.5) is 13.2 Å². The molecule has 2 fully saturated rings. The van der Waals surface area contributed by atoms with Crippen molar-refractivity contribution in [2.24, 2.45) is 17.6 Å². The molecule has 0 saturated heterocycles. The fourth-order valence-corrected chi connectivity index (χ4v) is 3.70. The summed E-state index contributed by atoms with van der Waals surface area (Å²) in [6.07, 6.45) is 8.98. The zero-order valence-corrected chi connectivity index (χ0v) is 15.2. The molecule has 26 heavy (non-hydrogen) atoms. The molecule has 0 radical (unpaired) electrons. The van der Waals surface area contributed by atoms with Crippen LogP contribution >= 0.6 is 0 Å². The fourth-order valence-electron chi connectivity index (χ4n) is 3.70. The Kier molecular flexibility index (Phi) is 9.98. The second-order valence-electron chi connectivity index (χ2n) is 7.31. The molecule has 8 heteroatoms. The number of amides is 1. The van der Waals surface area contributed by atoms with Gasteiger partial charge >= 0.3 is 12.1 Å². The molecule has 0 aromatic carbocycles. The maximum absolute atomic E-state index is 12.0. The standard InChI is InChI=1S/C16H30N2O.C2HF3O2/c17-15(14-9-5-2-6-10-14)16(19)18-12-11-13-7-3-1-4-8-13;3-2(4,5)1(6)7/h13-15H,1-12,17H2,(H,18,19);(H,6,7). The quantitative estimate of drug-likeness (QED) is 0.679. The topological polar surface area (TPSA) is 92.4 Å². The lowest BCUT2D eigenvalue weighted by atomic mass is 9.84. The number of aliphatic carboxylic acids is 1. The van der Waals surface area contributed by atoms with Gasteiger partial charge in [0.25, 0.3) is 0 Å². The number of halogens is 3. The van der Waals surface area contributed by atoms with Crippen LogP contribution in [-0.2, 0) is 9.59 Å². The Balaban J connectivity index is 0.000000412. The maximum Gasteiger partial charge on any atom is 0.490 e. The lowest BCUT2D eigenvalue weighted by Crippen LogP contribution is -2.46. The van der Waals surface area contributed by atoms with Crippen molar-refractivity contribution in [3.63, 3.8) is 0 Å². The summed E-state index contributed by atoms with van der Waals surface area (Å²) in [4.78, 5) is 20.9. The average Bonchev–Trinajstić information content (AvgIpc) is 2.62. The number of hydrogen-bond acceptors (Lipinski definition) is 3. The van der Waals surface area contributed by atoms with Crippen LogP contribution in [0.5, 0.6) is 0 Å². The van der Waals surface area contributed by atoms with E-state index in [1.807, 2.05) is 0 Å². The summed E-state index contributed by atoms with van der Waals surface area (Å²) in [6, 6.07) is -0.272. The number of carboxylic acid groups (broad SMARTS) is 1. The van der Waals surface area contributed by atoms with Gasteiger partial charge in [-0.1, -0.05) is 51.4 Å². The van der Waals surface area contributed by atoms with Crippen molar-refractivity contribution in [1.82, 2.24) is 5.32 Å². The Hall–Kier alpha value is -1.31. The molecule has 2 rings (SSSR count). The van der Waals surface area contributed by atoms with Gasteiger partial charge < -0.3 is 16.2 Å². The summed E-state index contributed by atoms with van der Waals surface area (Å²) in [7, 11) is 0. The van der Waals surface area contributed by atoms with Crippen molar-refractivity contribution in [1.29, 1.82) is 0 Å². The van der Waals surface area contributed by atoms with Crippen molar-refractivity contribution in [2.75, 3.05) is 6.54 Å². The minimum atomic E-state index is -5.08. The molecule has 0 aliphatic heterocycles. The van der Waals surface area contributed by atoms with E-state index >= 15 is 0 Å². The minimum absolute atomic E-state index is 0.0858. The van der Waals surface area contributed by atoms with Crippen molar-refractivity contribution >= 4 is 11.9 Å². The summed E-state index contributed by atoms with van der Waals surface area (Å²) in [5, 5.41) is 10.2. The van der Waals surface area contributed by atoms with E-state index in [0.29, 0.717) is 5.92 Å². The largest absolute Gasteiger partial charge is 0.490 e. The van der Waals surface area contributed by atoms with Gasteiger partial charge in [0.1, 0.15) is 0 Å². The predicted molar refractivity (Wildman–Crippen MR) is 92.4 cm³/mol. The molecule has 2 saturated carbocycles. The number of carboxylic acids is 1. The first kappa shape index (κ1) is 22.7. The van der Waals surface area contributed by atoms with Crippen molar-refractivity contribution in [3.05, 3.63) is 0 Å². The molecule has 0 bridgehead atoms. The SMILES string of the molecule is NC(C(=O)NCCC1CCCCC1)C1CCCCC1.O=C(O)C(F)(F)F. The molecule has 0 aromatic rings. The van der Waals surface area contributed by atoms with Crippen LogP contribution in [0.3, 0.4) is 0 Å². The van der Waals surface area contributed by atoms with Crippen LogP contribution in [0, 0.1) is 11.8 Å². The first-order valence-electron chi connectivity index (χ1n) is 9.55. The van der Waals surface area contributed by atoms with Gasteiger partial charge in [0.15, 0.2) is 0 Å². The first-order valence-corrected chi connectivity index (χ1v) is 9.55. The van der Waals surface area contributed by atoms with Crippen molar-refractivity contribution in [2.45, 2.75) is 82.8 Å². The zero-order valence-electron chi connectivity index (χ0n) is 15.2. The Bertz CT molecular complexity index is 432. The van der Waals surface area contributed by atoms with E-state index in [2.05, 4.69) is 5.32 Å². The third-order valence-corrected chi connectivity index (χ3v) is 5.28. The second-order valence-corrected chi connectivity index (χ2v) is 7.31. The fraction of sp³-hybridized carbons (Fsp3) is 0.889. The lowest BCUT2D eigenvalue weighted by molar-refractivity contribution is -0.192. The van der Waals surface area contributed by atoms with Gasteiger partial charge in [-0.25, -0.2) is 4.79 Å². The van der Waals surface area contributed by atoms with Crippen LogP contribution in [-0.4, -0.2) is 35.7 Å². The van der Waals surface area contributed by atoms with E-state index in [1.54, 1.807) is 0 Å². The molecule has 5 nitrogen and oxygen atoms in total. The van der Waals surface area contributed by atoms with Gasteiger partial charge in [-0.15, -0.1) is 0 Å². The molecule has 1 atom stereocenters. The number of carbonyl (C=O) groups excluding carboxylic acids is 1. The highest BCUT2D eigenvalue weighted by atomic mass is 19.4. The molecule has 1 amide bonds. The highest BCUT2D eigenvalue weighted by Crippen LogP contribution is 2.27. The normalized spacial score (nSPS) is 20.6. The number of hydrogen-bond donors (Lipinski definition) is 3. The van der Waals surface area contributed by atoms with E-state index in [4.69, 9.17) is 15.6 Å². The number of alkyl halides is 3. The molecule has 1 unspecified atom stereocenters. The summed E-state index contributed by atoms with van der Waals surface area (Å²) in [5.41, 5.74) is 6.10. The monoisotopic (exact) mass is 380 g/mol. The van der Waals surface area contributed by atoms with Crippen LogP contribution in [0.15, 0.2) is 0 Å². The Morgan fingerprint density at radius 1 is 1.00 bits per heavy atom. The molecule has 152 valence electrons. The zero-order chi connectivity index (χ0) is 19.6. The number of nitrogens with two attached hydrogens (primary N) is 1. The number of rotatable bonds is 5. The van der Waals surface area contributed by atoms with E-state index in [-0.39, 0.29) is 11.9 Å². The lowest BCUT2D eigenvalue weighted by Gasteiger charge is -2.27. The Morgan fingerprint density at radius 3 is 1.92 bits per heavy atom. The molecule has 2 aliphatic carbocycles. The maximum atomic E-state index is 12.0. The molecular weight excluding hydrogens is 349 g/mol. The average molecular weight is 380 g/mol. The summed E-state index contributed by atoms with van der Waals surface area (Å²) >= 11 is 0. The molecule has 0 heterocycles. The van der Waals surface area contributed by atoms with E-state index in [9.17, 15) is 18.0 Å². The van der Waals surface area contributed by atoms with E-state index in [0.717, 1.165) is 31.7 Å². The van der Waals surface area contributed by atoms with Crippen LogP contribution in [0.2, 0.25) is 0 Å². The number of carbonyl (C=O) groups is 2. The minimum Gasteiger partial charge on any atom is -0.475 e. The Labute approximate surface area is 152 Å². The smallest absolute Gasteiger partial charge is 0.475 e. The third kappa shape index (κ3) is 8.87. The highest BCUT2D eigenvalue weighted by Gasteiger charge is 2.38. The third-order valence-electron chi connectivity index (χ3n) is 5.28. The highest BCUT2D eigenvalue weighted by molar-refractivity contribution is 5.81. The van der Waals surface area contributed by atoms with E-state index in [1.165, 1.54) is 51.4 Å². The van der Waals surface area contributed by atoms with Gasteiger partial charge in [0, 0.05) is 6.54 Å². The van der Waals surface area contributed by atoms with Gasteiger partial charge in [-0.05, 0) is 31.1 Å². The summed E-state index contributed by atoms with van der Waals surface area (Å²) in [6.45, 7) is 0.823. The van der Waals surface area contributed by atoms with Gasteiger partial charge in [0.2, 0.25) is 5.91 Å². The van der Waals surface area contributed by atoms with Crippen molar-refractivity contribution in [3.8, 4) is 0 Å². The van der Waals surface area contributed by atoms with Crippen molar-refractivity contribution < 1.29 is 27.9 Å². The summed E-state index contributed by atoms with van der Waals surface area (Å²) < 4.78 is 31.7. The number of nitrogens with one attached hydrogen (secondary N) is 1. The van der Waals surface area contributed by atoms with Gasteiger partial charge in [0.05, 0.1) is 6.04 Å². The predicted octanol–water partition coefficient (Wildman–Crippen LogP) is 3.61. The second kappa shape index (κ2) is 11.4. The van der Waals surface area contributed by atoms with Crippen LogP contribution in [0.1, 0.15) is 70.6 Å². The van der Waals surface area contributed by atoms with Gasteiger partial charge in [-0.3, -0.25) is 4.79 Å². The first-order chi connectivity index (χ1) is 12.2. The Morgan fingerprint density at radius 2 is 1.46 bits per heavy atom. The van der Waals surface area contributed by atoms with Crippen LogP contribution < -0.4 is 11.1 Å². The molecular formula is C18H31F3N2O3.